The van der Waals surface area contributed by atoms with Crippen LogP contribution in [-0.4, -0.2) is 29.1 Å². The van der Waals surface area contributed by atoms with Gasteiger partial charge in [-0.2, -0.15) is 0 Å². The van der Waals surface area contributed by atoms with Gasteiger partial charge in [0, 0.05) is 36.6 Å². The second kappa shape index (κ2) is 8.19. The zero-order valence-corrected chi connectivity index (χ0v) is 15.5. The molecule has 0 atom stereocenters. The lowest BCUT2D eigenvalue weighted by Gasteiger charge is -2.22. The van der Waals surface area contributed by atoms with Crippen LogP contribution in [0.5, 0.6) is 0 Å². The van der Waals surface area contributed by atoms with Crippen LogP contribution < -0.4 is 15.5 Å². The molecule has 5 nitrogen and oxygen atoms in total. The van der Waals surface area contributed by atoms with Gasteiger partial charge in [-0.15, -0.1) is 0 Å². The fourth-order valence-electron chi connectivity index (χ4n) is 3.50. The largest absolute Gasteiger partial charge is 0.372 e. The number of benzene rings is 1. The van der Waals surface area contributed by atoms with Crippen molar-refractivity contribution in [1.29, 1.82) is 0 Å². The molecule has 1 fully saturated rings. The molecule has 1 heterocycles. The predicted molar refractivity (Wildman–Crippen MR) is 106 cm³/mol. The van der Waals surface area contributed by atoms with Crippen molar-refractivity contribution in [1.82, 2.24) is 9.97 Å². The molecule has 0 radical (unpaired) electrons. The van der Waals surface area contributed by atoms with E-state index in [1.165, 1.54) is 36.9 Å². The topological polar surface area (TPSA) is 53.1 Å². The van der Waals surface area contributed by atoms with Crippen molar-refractivity contribution in [3.63, 3.8) is 0 Å². The standard InChI is InChI=1S/C20H29N5/c1-4-25(5-2)17-10-11-18(15(3)12-17)24-20-13-19(21-14-22-20)23-16-8-6-7-9-16/h10-14,16H,4-9H2,1-3H3,(H2,21,22,23,24). The van der Waals surface area contributed by atoms with Gasteiger partial charge in [0.05, 0.1) is 0 Å². The number of nitrogens with one attached hydrogen (secondary N) is 2. The third-order valence-electron chi connectivity index (χ3n) is 4.98. The lowest BCUT2D eigenvalue weighted by Crippen LogP contribution is -2.21. The monoisotopic (exact) mass is 339 g/mol. The van der Waals surface area contributed by atoms with Crippen LogP contribution in [0.2, 0.25) is 0 Å². The number of nitrogens with zero attached hydrogens (tertiary/aromatic N) is 3. The molecule has 2 aromatic rings. The Kier molecular flexibility index (Phi) is 5.74. The Bertz CT molecular complexity index is 690. The average molecular weight is 339 g/mol. The molecule has 25 heavy (non-hydrogen) atoms. The first-order valence-electron chi connectivity index (χ1n) is 9.40. The van der Waals surface area contributed by atoms with Crippen LogP contribution in [-0.2, 0) is 0 Å². The van der Waals surface area contributed by atoms with Gasteiger partial charge >= 0.3 is 0 Å². The molecule has 1 aliphatic rings. The van der Waals surface area contributed by atoms with Gasteiger partial charge in [0.1, 0.15) is 18.0 Å². The molecule has 2 N–H and O–H groups in total. The molecule has 0 aliphatic heterocycles. The number of anilines is 4. The van der Waals surface area contributed by atoms with E-state index in [2.05, 4.69) is 64.5 Å². The van der Waals surface area contributed by atoms with Gasteiger partial charge in [-0.3, -0.25) is 0 Å². The van der Waals surface area contributed by atoms with Crippen molar-refractivity contribution in [2.24, 2.45) is 0 Å². The highest BCUT2D eigenvalue weighted by Crippen LogP contribution is 2.26. The molecular formula is C20H29N5. The van der Waals surface area contributed by atoms with Crippen molar-refractivity contribution in [3.8, 4) is 0 Å². The quantitative estimate of drug-likeness (QED) is 0.764. The minimum atomic E-state index is 0.554. The Morgan fingerprint density at radius 2 is 1.76 bits per heavy atom. The average Bonchev–Trinajstić information content (AvgIpc) is 3.12. The van der Waals surface area contributed by atoms with Crippen molar-refractivity contribution in [3.05, 3.63) is 36.2 Å². The maximum Gasteiger partial charge on any atom is 0.135 e. The molecule has 1 aliphatic carbocycles. The molecule has 0 unspecified atom stereocenters. The van der Waals surface area contributed by atoms with E-state index >= 15 is 0 Å². The maximum atomic E-state index is 4.37. The van der Waals surface area contributed by atoms with Gasteiger partial charge in [0.2, 0.25) is 0 Å². The molecule has 134 valence electrons. The smallest absolute Gasteiger partial charge is 0.135 e. The van der Waals surface area contributed by atoms with Crippen LogP contribution in [0.4, 0.5) is 23.0 Å². The summed E-state index contributed by atoms with van der Waals surface area (Å²) < 4.78 is 0. The number of rotatable bonds is 7. The fourth-order valence-corrected chi connectivity index (χ4v) is 3.50. The highest BCUT2D eigenvalue weighted by atomic mass is 15.1. The van der Waals surface area contributed by atoms with Gasteiger partial charge < -0.3 is 15.5 Å². The van der Waals surface area contributed by atoms with E-state index in [-0.39, 0.29) is 0 Å². The van der Waals surface area contributed by atoms with E-state index in [1.54, 1.807) is 6.33 Å². The summed E-state index contributed by atoms with van der Waals surface area (Å²) in [7, 11) is 0. The summed E-state index contributed by atoms with van der Waals surface area (Å²) in [5.41, 5.74) is 3.56. The lowest BCUT2D eigenvalue weighted by molar-refractivity contribution is 0.750. The van der Waals surface area contributed by atoms with Crippen LogP contribution in [0, 0.1) is 6.92 Å². The second-order valence-electron chi connectivity index (χ2n) is 6.71. The highest BCUT2D eigenvalue weighted by Gasteiger charge is 2.15. The molecule has 0 amide bonds. The van der Waals surface area contributed by atoms with Gasteiger partial charge in [-0.1, -0.05) is 12.8 Å². The van der Waals surface area contributed by atoms with Gasteiger partial charge in [-0.05, 0) is 57.4 Å². The molecule has 0 bridgehead atoms. The summed E-state index contributed by atoms with van der Waals surface area (Å²) in [6.45, 7) is 8.54. The first-order chi connectivity index (χ1) is 12.2. The third kappa shape index (κ3) is 4.41. The summed E-state index contributed by atoms with van der Waals surface area (Å²) in [4.78, 5) is 11.1. The predicted octanol–water partition coefficient (Wildman–Crippen LogP) is 4.73. The van der Waals surface area contributed by atoms with Crippen LogP contribution in [0.15, 0.2) is 30.6 Å². The summed E-state index contributed by atoms with van der Waals surface area (Å²) in [6.07, 6.45) is 6.72. The van der Waals surface area contributed by atoms with Gasteiger partial charge in [0.25, 0.3) is 0 Å². The minimum Gasteiger partial charge on any atom is -0.372 e. The third-order valence-corrected chi connectivity index (χ3v) is 4.98. The summed E-state index contributed by atoms with van der Waals surface area (Å²) in [6, 6.07) is 9.08. The first kappa shape index (κ1) is 17.5. The number of hydrogen-bond donors (Lipinski definition) is 2. The molecule has 3 rings (SSSR count). The number of hydrogen-bond acceptors (Lipinski definition) is 5. The maximum absolute atomic E-state index is 4.37. The van der Waals surface area contributed by atoms with Gasteiger partial charge in [0.15, 0.2) is 0 Å². The highest BCUT2D eigenvalue weighted by molar-refractivity contribution is 5.66. The van der Waals surface area contributed by atoms with Crippen LogP contribution in [0.1, 0.15) is 45.1 Å². The second-order valence-corrected chi connectivity index (χ2v) is 6.71. The first-order valence-corrected chi connectivity index (χ1v) is 9.40. The Morgan fingerprint density at radius 1 is 1.04 bits per heavy atom. The SMILES string of the molecule is CCN(CC)c1ccc(Nc2cc(NC3CCCC3)ncn2)c(C)c1. The van der Waals surface area contributed by atoms with E-state index in [4.69, 9.17) is 0 Å². The Balaban J connectivity index is 1.71. The van der Waals surface area contributed by atoms with Gasteiger partial charge in [-0.25, -0.2) is 9.97 Å². The lowest BCUT2D eigenvalue weighted by atomic mass is 10.1. The van der Waals surface area contributed by atoms with Crippen molar-refractivity contribution >= 4 is 23.0 Å². The molecule has 1 aromatic carbocycles. The van der Waals surface area contributed by atoms with Crippen molar-refractivity contribution < 1.29 is 0 Å². The molecule has 0 saturated heterocycles. The zero-order chi connectivity index (χ0) is 17.6. The van der Waals surface area contributed by atoms with Crippen molar-refractivity contribution in [2.45, 2.75) is 52.5 Å². The van der Waals surface area contributed by atoms with E-state index in [9.17, 15) is 0 Å². The molecule has 0 spiro atoms. The Labute approximate surface area is 150 Å². The fraction of sp³-hybridized carbons (Fsp3) is 0.500. The Hall–Kier alpha value is -2.30. The van der Waals surface area contributed by atoms with E-state index in [0.29, 0.717) is 6.04 Å². The number of aryl methyl sites for hydroxylation is 1. The van der Waals surface area contributed by atoms with E-state index < -0.39 is 0 Å². The summed E-state index contributed by atoms with van der Waals surface area (Å²) in [5.74, 6) is 1.73. The molecule has 1 saturated carbocycles. The van der Waals surface area contributed by atoms with E-state index in [0.717, 1.165) is 30.4 Å². The zero-order valence-electron chi connectivity index (χ0n) is 15.5. The minimum absolute atomic E-state index is 0.554. The molecule has 5 heteroatoms. The van der Waals surface area contributed by atoms with Crippen molar-refractivity contribution in [2.75, 3.05) is 28.6 Å². The molecular weight excluding hydrogens is 310 g/mol. The Morgan fingerprint density at radius 3 is 2.44 bits per heavy atom. The van der Waals surface area contributed by atoms with Crippen LogP contribution in [0.25, 0.3) is 0 Å². The number of aromatic nitrogens is 2. The van der Waals surface area contributed by atoms with E-state index in [1.807, 2.05) is 6.07 Å². The van der Waals surface area contributed by atoms with Crippen LogP contribution >= 0.6 is 0 Å². The summed E-state index contributed by atoms with van der Waals surface area (Å²) >= 11 is 0. The normalized spacial score (nSPS) is 14.5. The summed E-state index contributed by atoms with van der Waals surface area (Å²) in [5, 5.41) is 6.95. The molecule has 1 aromatic heterocycles. The van der Waals surface area contributed by atoms with Crippen LogP contribution in [0.3, 0.4) is 0 Å².